The van der Waals surface area contributed by atoms with E-state index in [2.05, 4.69) is 0 Å². The van der Waals surface area contributed by atoms with Crippen molar-refractivity contribution in [1.82, 2.24) is 4.31 Å². The summed E-state index contributed by atoms with van der Waals surface area (Å²) in [5.41, 5.74) is 1.25. The molecule has 0 aromatic heterocycles. The van der Waals surface area contributed by atoms with Crippen LogP contribution in [0.3, 0.4) is 0 Å². The Morgan fingerprint density at radius 1 is 1.00 bits per heavy atom. The second-order valence-corrected chi connectivity index (χ2v) is 8.10. The van der Waals surface area contributed by atoms with Crippen LogP contribution in [0.1, 0.15) is 35.3 Å². The topological polar surface area (TPSA) is 57.6 Å². The Labute approximate surface area is 152 Å². The summed E-state index contributed by atoms with van der Waals surface area (Å²) >= 11 is 1.30. The van der Waals surface area contributed by atoms with Crippen molar-refractivity contribution in [3.05, 3.63) is 71.3 Å². The third kappa shape index (κ3) is 3.29. The van der Waals surface area contributed by atoms with Crippen molar-refractivity contribution in [2.75, 3.05) is 0 Å². The van der Waals surface area contributed by atoms with Crippen LogP contribution in [0.5, 0.6) is 0 Å². The number of amides is 1. The number of hydrogen-bond donors (Lipinski definition) is 1. The molecular weight excluding hydrogens is 334 g/mol. The monoisotopic (exact) mass is 355 g/mol. The maximum Gasteiger partial charge on any atom is 0.331 e. The Bertz CT molecular complexity index is 764. The molecule has 0 spiro atoms. The highest BCUT2D eigenvalue weighted by Gasteiger charge is 2.51. The number of rotatable bonds is 5. The summed E-state index contributed by atoms with van der Waals surface area (Å²) in [7, 11) is 0. The van der Waals surface area contributed by atoms with Crippen molar-refractivity contribution in [3.63, 3.8) is 0 Å². The predicted molar refractivity (Wildman–Crippen MR) is 99.6 cm³/mol. The number of aliphatic carboxylic acids is 1. The number of carboxylic acid groups (broad SMARTS) is 1. The quantitative estimate of drug-likeness (QED) is 0.829. The van der Waals surface area contributed by atoms with Gasteiger partial charge in [0.1, 0.15) is 0 Å². The lowest BCUT2D eigenvalue weighted by atomic mass is 9.95. The maximum absolute atomic E-state index is 13.2. The Kier molecular flexibility index (Phi) is 4.86. The number of fused-ring (bicyclic) bond motifs is 1. The Morgan fingerprint density at radius 2 is 1.52 bits per heavy atom. The molecule has 0 fully saturated rings. The van der Waals surface area contributed by atoms with Crippen molar-refractivity contribution >= 4 is 23.8 Å². The first-order valence-corrected chi connectivity index (χ1v) is 9.14. The van der Waals surface area contributed by atoms with Gasteiger partial charge >= 0.3 is 5.97 Å². The normalized spacial score (nSPS) is 15.0. The number of benzene rings is 2. The van der Waals surface area contributed by atoms with Gasteiger partial charge in [-0.2, -0.15) is 0 Å². The van der Waals surface area contributed by atoms with E-state index in [1.165, 1.54) is 16.3 Å². The summed E-state index contributed by atoms with van der Waals surface area (Å²) in [6.45, 7) is 3.93. The van der Waals surface area contributed by atoms with Crippen molar-refractivity contribution in [3.8, 4) is 0 Å². The summed E-state index contributed by atoms with van der Waals surface area (Å²) < 4.78 is 1.50. The van der Waals surface area contributed by atoms with Gasteiger partial charge in [-0.3, -0.25) is 9.10 Å². The van der Waals surface area contributed by atoms with Crippen LogP contribution in [0.4, 0.5) is 0 Å². The molecule has 0 bridgehead atoms. The van der Waals surface area contributed by atoms with Crippen LogP contribution in [0.15, 0.2) is 54.6 Å². The fourth-order valence-corrected chi connectivity index (χ4v) is 4.26. The van der Waals surface area contributed by atoms with Crippen LogP contribution >= 0.6 is 11.9 Å². The van der Waals surface area contributed by atoms with Gasteiger partial charge in [-0.1, -0.05) is 56.3 Å². The molecule has 1 aliphatic carbocycles. The molecule has 3 rings (SSSR count). The van der Waals surface area contributed by atoms with Crippen LogP contribution in [0.25, 0.3) is 0 Å². The highest BCUT2D eigenvalue weighted by atomic mass is 32.2. The van der Waals surface area contributed by atoms with Gasteiger partial charge in [0.25, 0.3) is 5.91 Å². The first-order chi connectivity index (χ1) is 11.9. The number of carbonyl (C=O) groups excluding carboxylic acids is 1. The van der Waals surface area contributed by atoms with Crippen LogP contribution < -0.4 is 0 Å². The van der Waals surface area contributed by atoms with Crippen LogP contribution in [-0.4, -0.2) is 32.1 Å². The predicted octanol–water partition coefficient (Wildman–Crippen LogP) is 3.81. The third-order valence-corrected chi connectivity index (χ3v) is 5.54. The van der Waals surface area contributed by atoms with Gasteiger partial charge in [-0.05, 0) is 35.2 Å². The highest BCUT2D eigenvalue weighted by Crippen LogP contribution is 2.40. The second-order valence-electron chi connectivity index (χ2n) is 6.58. The molecule has 130 valence electrons. The van der Waals surface area contributed by atoms with Crippen molar-refractivity contribution < 1.29 is 14.7 Å². The number of carboxylic acids is 1. The molecule has 1 N–H and O–H groups in total. The molecule has 0 atom stereocenters. The molecular formula is C20H21NO3S. The fraction of sp³-hybridized carbons (Fsp3) is 0.300. The summed E-state index contributed by atoms with van der Waals surface area (Å²) in [4.78, 5) is 25.5. The third-order valence-electron chi connectivity index (χ3n) is 4.39. The zero-order valence-corrected chi connectivity index (χ0v) is 15.1. The van der Waals surface area contributed by atoms with Gasteiger partial charge in [0, 0.05) is 23.7 Å². The molecule has 1 aliphatic rings. The molecule has 0 radical (unpaired) electrons. The minimum Gasteiger partial charge on any atom is -0.479 e. The van der Waals surface area contributed by atoms with Gasteiger partial charge in [-0.15, -0.1) is 0 Å². The molecule has 1 amide bonds. The summed E-state index contributed by atoms with van der Waals surface area (Å²) in [5.74, 6) is -1.21. The minimum absolute atomic E-state index is 0.0904. The van der Waals surface area contributed by atoms with E-state index in [-0.39, 0.29) is 11.2 Å². The largest absolute Gasteiger partial charge is 0.479 e. The van der Waals surface area contributed by atoms with E-state index in [1.54, 1.807) is 24.3 Å². The number of nitrogens with zero attached hydrogens (tertiary/aromatic N) is 1. The molecule has 0 saturated heterocycles. The van der Waals surface area contributed by atoms with Gasteiger partial charge in [0.2, 0.25) is 0 Å². The first kappa shape index (κ1) is 17.5. The standard InChI is InChI=1S/C20H21NO3S/c1-14(2)25-21(18(22)15-8-4-3-5-9-15)20(19(23)24)12-16-10-6-7-11-17(16)13-20/h3-11,14H,12-13H2,1-2H3,(H,23,24). The zero-order valence-electron chi connectivity index (χ0n) is 14.3. The van der Waals surface area contributed by atoms with Crippen LogP contribution in [0, 0.1) is 0 Å². The van der Waals surface area contributed by atoms with Crippen LogP contribution in [0.2, 0.25) is 0 Å². The lowest BCUT2D eigenvalue weighted by Gasteiger charge is -2.37. The molecule has 0 unspecified atom stereocenters. The average molecular weight is 355 g/mol. The molecule has 25 heavy (non-hydrogen) atoms. The van der Waals surface area contributed by atoms with Crippen molar-refractivity contribution in [2.45, 2.75) is 37.5 Å². The first-order valence-electron chi connectivity index (χ1n) is 8.30. The number of hydrogen-bond acceptors (Lipinski definition) is 3. The summed E-state index contributed by atoms with van der Waals surface area (Å²) in [6, 6.07) is 16.6. The molecule has 5 heteroatoms. The second kappa shape index (κ2) is 6.92. The van der Waals surface area contributed by atoms with Gasteiger partial charge in [-0.25, -0.2) is 4.79 Å². The highest BCUT2D eigenvalue weighted by molar-refractivity contribution is 7.98. The van der Waals surface area contributed by atoms with E-state index in [9.17, 15) is 14.7 Å². The zero-order chi connectivity index (χ0) is 18.0. The van der Waals surface area contributed by atoms with Gasteiger partial charge in [0.15, 0.2) is 5.54 Å². The van der Waals surface area contributed by atoms with Gasteiger partial charge in [0.05, 0.1) is 0 Å². The maximum atomic E-state index is 13.2. The van der Waals surface area contributed by atoms with E-state index >= 15 is 0 Å². The molecule has 2 aromatic rings. The van der Waals surface area contributed by atoms with E-state index in [4.69, 9.17) is 0 Å². The Hall–Kier alpha value is -2.27. The smallest absolute Gasteiger partial charge is 0.331 e. The molecule has 2 aromatic carbocycles. The van der Waals surface area contributed by atoms with E-state index in [0.717, 1.165) is 11.1 Å². The fourth-order valence-electron chi connectivity index (χ4n) is 3.23. The molecule has 0 aliphatic heterocycles. The Balaban J connectivity index is 2.04. The lowest BCUT2D eigenvalue weighted by molar-refractivity contribution is -0.146. The average Bonchev–Trinajstić information content (AvgIpc) is 3.00. The van der Waals surface area contributed by atoms with Crippen molar-refractivity contribution in [1.29, 1.82) is 0 Å². The van der Waals surface area contributed by atoms with E-state index in [0.29, 0.717) is 18.4 Å². The van der Waals surface area contributed by atoms with Crippen molar-refractivity contribution in [2.24, 2.45) is 0 Å². The van der Waals surface area contributed by atoms with Crippen LogP contribution in [-0.2, 0) is 17.6 Å². The summed E-state index contributed by atoms with van der Waals surface area (Å²) in [5, 5.41) is 10.2. The minimum atomic E-state index is -1.26. The lowest BCUT2D eigenvalue weighted by Crippen LogP contribution is -2.55. The molecule has 0 heterocycles. The number of carbonyl (C=O) groups is 2. The van der Waals surface area contributed by atoms with Gasteiger partial charge < -0.3 is 5.11 Å². The summed E-state index contributed by atoms with van der Waals surface area (Å²) in [6.07, 6.45) is 0.660. The Morgan fingerprint density at radius 3 is 2.00 bits per heavy atom. The molecule has 0 saturated carbocycles. The SMILES string of the molecule is CC(C)SN(C(=O)c1ccccc1)C1(C(=O)O)Cc2ccccc2C1. The van der Waals surface area contributed by atoms with E-state index in [1.807, 2.05) is 44.2 Å². The molecule has 4 nitrogen and oxygen atoms in total. The van der Waals surface area contributed by atoms with E-state index < -0.39 is 11.5 Å².